The Morgan fingerprint density at radius 3 is 2.50 bits per heavy atom. The van der Waals surface area contributed by atoms with Crippen molar-refractivity contribution < 1.29 is 0 Å². The Kier molecular flexibility index (Phi) is 4.69. The maximum Gasteiger partial charge on any atom is 0.0409 e. The maximum atomic E-state index is 6.06. The predicted molar refractivity (Wildman–Crippen MR) is 79.0 cm³/mol. The third-order valence-electron chi connectivity index (χ3n) is 4.34. The van der Waals surface area contributed by atoms with Crippen LogP contribution in [0, 0.1) is 11.8 Å². The van der Waals surface area contributed by atoms with Gasteiger partial charge in [0.15, 0.2) is 0 Å². The van der Waals surface area contributed by atoms with Crippen molar-refractivity contribution in [3.8, 4) is 0 Å². The second kappa shape index (κ2) is 6.08. The zero-order valence-corrected chi connectivity index (χ0v) is 12.4. The highest BCUT2D eigenvalue weighted by Crippen LogP contribution is 2.30. The monoisotopic (exact) mass is 265 g/mol. The summed E-state index contributed by atoms with van der Waals surface area (Å²) in [5.41, 5.74) is 1.28. The quantitative estimate of drug-likeness (QED) is 0.827. The van der Waals surface area contributed by atoms with Crippen LogP contribution in [0.3, 0.4) is 0 Å². The van der Waals surface area contributed by atoms with Crippen LogP contribution in [-0.2, 0) is 0 Å². The van der Waals surface area contributed by atoms with Gasteiger partial charge in [0.1, 0.15) is 0 Å². The predicted octanol–water partition coefficient (Wildman–Crippen LogP) is 4.82. The van der Waals surface area contributed by atoms with Crippen molar-refractivity contribution in [2.24, 2.45) is 11.8 Å². The van der Waals surface area contributed by atoms with Gasteiger partial charge in [0.05, 0.1) is 0 Å². The van der Waals surface area contributed by atoms with E-state index in [4.69, 9.17) is 11.6 Å². The first-order valence-corrected chi connectivity index (χ1v) is 7.47. The number of rotatable bonds is 3. The summed E-state index contributed by atoms with van der Waals surface area (Å²) >= 11 is 6.06. The van der Waals surface area contributed by atoms with E-state index in [9.17, 15) is 0 Å². The lowest BCUT2D eigenvalue weighted by atomic mass is 9.78. The molecule has 1 N–H and O–H groups in total. The Balaban J connectivity index is 2.04. The molecule has 1 aliphatic rings. The zero-order valence-electron chi connectivity index (χ0n) is 11.6. The van der Waals surface area contributed by atoms with Crippen molar-refractivity contribution in [3.63, 3.8) is 0 Å². The second-order valence-corrected chi connectivity index (χ2v) is 6.29. The van der Waals surface area contributed by atoms with Crippen LogP contribution in [0.15, 0.2) is 24.3 Å². The Hall–Kier alpha value is -0.530. The summed E-state index contributed by atoms with van der Waals surface area (Å²) in [6.45, 7) is 6.98. The second-order valence-electron chi connectivity index (χ2n) is 5.85. The molecule has 1 fully saturated rings. The van der Waals surface area contributed by atoms with E-state index in [1.165, 1.54) is 24.8 Å². The van der Waals surface area contributed by atoms with Crippen LogP contribution in [0.4, 0.5) is 0 Å². The average Bonchev–Trinajstić information content (AvgIpc) is 2.34. The van der Waals surface area contributed by atoms with Crippen molar-refractivity contribution in [2.75, 3.05) is 0 Å². The maximum absolute atomic E-state index is 6.06. The molecule has 0 heterocycles. The molecule has 3 atom stereocenters. The van der Waals surface area contributed by atoms with Crippen molar-refractivity contribution in [1.82, 2.24) is 5.32 Å². The molecule has 0 radical (unpaired) electrons. The zero-order chi connectivity index (χ0) is 13.1. The third kappa shape index (κ3) is 3.27. The molecule has 1 aromatic carbocycles. The van der Waals surface area contributed by atoms with Crippen molar-refractivity contribution in [1.29, 1.82) is 0 Å². The van der Waals surface area contributed by atoms with Gasteiger partial charge in [0, 0.05) is 17.1 Å². The van der Waals surface area contributed by atoms with Crippen molar-refractivity contribution in [2.45, 2.75) is 52.1 Å². The molecular weight excluding hydrogens is 242 g/mol. The molecule has 2 unspecified atom stereocenters. The average molecular weight is 266 g/mol. The Morgan fingerprint density at radius 1 is 1.22 bits per heavy atom. The highest BCUT2D eigenvalue weighted by atomic mass is 35.5. The van der Waals surface area contributed by atoms with Gasteiger partial charge in [-0.1, -0.05) is 44.0 Å². The smallest absolute Gasteiger partial charge is 0.0409 e. The molecule has 1 aliphatic carbocycles. The highest BCUT2D eigenvalue weighted by Gasteiger charge is 2.28. The largest absolute Gasteiger partial charge is 0.307 e. The van der Waals surface area contributed by atoms with E-state index in [2.05, 4.69) is 38.2 Å². The minimum Gasteiger partial charge on any atom is -0.307 e. The van der Waals surface area contributed by atoms with E-state index >= 15 is 0 Å². The van der Waals surface area contributed by atoms with E-state index in [0.29, 0.717) is 12.1 Å². The van der Waals surface area contributed by atoms with Gasteiger partial charge >= 0.3 is 0 Å². The molecule has 0 aliphatic heterocycles. The molecule has 0 bridgehead atoms. The van der Waals surface area contributed by atoms with Gasteiger partial charge < -0.3 is 5.32 Å². The number of halogens is 1. The molecule has 0 aromatic heterocycles. The summed E-state index contributed by atoms with van der Waals surface area (Å²) in [4.78, 5) is 0. The standard InChI is InChI=1S/C16H24ClN/c1-11-6-4-7-12(2)16(11)18-13(3)14-8-5-9-15(17)10-14/h5,8-13,16,18H,4,6-7H2,1-3H3/t11?,12?,13-,16?/m1/s1. The summed E-state index contributed by atoms with van der Waals surface area (Å²) in [6.07, 6.45) is 4.08. The van der Waals surface area contributed by atoms with Crippen LogP contribution in [0.25, 0.3) is 0 Å². The van der Waals surface area contributed by atoms with Crippen LogP contribution >= 0.6 is 11.6 Å². The van der Waals surface area contributed by atoms with E-state index in [1.807, 2.05) is 12.1 Å². The minimum absolute atomic E-state index is 0.372. The summed E-state index contributed by atoms with van der Waals surface area (Å²) in [6, 6.07) is 9.19. The Labute approximate surface area is 116 Å². The highest BCUT2D eigenvalue weighted by molar-refractivity contribution is 6.30. The number of nitrogens with one attached hydrogen (secondary N) is 1. The molecular formula is C16H24ClN. The van der Waals surface area contributed by atoms with Gasteiger partial charge in [-0.05, 0) is 49.3 Å². The molecule has 1 saturated carbocycles. The number of hydrogen-bond acceptors (Lipinski definition) is 1. The van der Waals surface area contributed by atoms with E-state index in [1.54, 1.807) is 0 Å². The van der Waals surface area contributed by atoms with E-state index < -0.39 is 0 Å². The molecule has 1 nitrogen and oxygen atoms in total. The first-order valence-electron chi connectivity index (χ1n) is 7.09. The van der Waals surface area contributed by atoms with Gasteiger partial charge in [-0.25, -0.2) is 0 Å². The van der Waals surface area contributed by atoms with Gasteiger partial charge in [-0.3, -0.25) is 0 Å². The lowest BCUT2D eigenvalue weighted by Crippen LogP contribution is -2.43. The lowest BCUT2D eigenvalue weighted by Gasteiger charge is -2.37. The molecule has 100 valence electrons. The molecule has 0 spiro atoms. The van der Waals surface area contributed by atoms with Crippen molar-refractivity contribution in [3.05, 3.63) is 34.9 Å². The Morgan fingerprint density at radius 2 is 1.89 bits per heavy atom. The minimum atomic E-state index is 0.372. The van der Waals surface area contributed by atoms with Crippen LogP contribution in [0.5, 0.6) is 0 Å². The van der Waals surface area contributed by atoms with Crippen LogP contribution in [0.2, 0.25) is 5.02 Å². The summed E-state index contributed by atoms with van der Waals surface area (Å²) in [7, 11) is 0. The summed E-state index contributed by atoms with van der Waals surface area (Å²) in [5.74, 6) is 1.55. The van der Waals surface area contributed by atoms with Crippen LogP contribution < -0.4 is 5.32 Å². The van der Waals surface area contributed by atoms with Gasteiger partial charge in [0.2, 0.25) is 0 Å². The molecule has 2 rings (SSSR count). The molecule has 0 saturated heterocycles. The fraction of sp³-hybridized carbons (Fsp3) is 0.625. The van der Waals surface area contributed by atoms with E-state index in [-0.39, 0.29) is 0 Å². The molecule has 18 heavy (non-hydrogen) atoms. The fourth-order valence-corrected chi connectivity index (χ4v) is 3.37. The Bertz CT molecular complexity index is 380. The first kappa shape index (κ1) is 13.9. The normalized spacial score (nSPS) is 30.1. The molecule has 0 amide bonds. The van der Waals surface area contributed by atoms with Crippen LogP contribution in [0.1, 0.15) is 51.6 Å². The lowest BCUT2D eigenvalue weighted by molar-refractivity contribution is 0.196. The number of benzene rings is 1. The molecule has 1 aromatic rings. The number of hydrogen-bond donors (Lipinski definition) is 1. The SMILES string of the molecule is CC1CCCC(C)C1N[C@H](C)c1cccc(Cl)c1. The van der Waals surface area contributed by atoms with Gasteiger partial charge in [0.25, 0.3) is 0 Å². The topological polar surface area (TPSA) is 12.0 Å². The van der Waals surface area contributed by atoms with Gasteiger partial charge in [-0.2, -0.15) is 0 Å². The van der Waals surface area contributed by atoms with E-state index in [0.717, 1.165) is 16.9 Å². The summed E-state index contributed by atoms with van der Waals surface area (Å²) < 4.78 is 0. The van der Waals surface area contributed by atoms with Crippen LogP contribution in [-0.4, -0.2) is 6.04 Å². The van der Waals surface area contributed by atoms with Gasteiger partial charge in [-0.15, -0.1) is 0 Å². The molecule has 2 heteroatoms. The first-order chi connectivity index (χ1) is 8.58. The summed E-state index contributed by atoms with van der Waals surface area (Å²) in [5, 5.41) is 4.63. The van der Waals surface area contributed by atoms with Crippen molar-refractivity contribution >= 4 is 11.6 Å². The fourth-order valence-electron chi connectivity index (χ4n) is 3.17. The third-order valence-corrected chi connectivity index (χ3v) is 4.57.